The number of hydrogen-bond donors (Lipinski definition) is 4. The van der Waals surface area contributed by atoms with Gasteiger partial charge in [0.25, 0.3) is 5.91 Å². The summed E-state index contributed by atoms with van der Waals surface area (Å²) in [6.45, 7) is 0.582. The maximum absolute atomic E-state index is 11.6. The third-order valence-corrected chi connectivity index (χ3v) is 2.27. The van der Waals surface area contributed by atoms with Crippen LogP contribution in [0.4, 0.5) is 5.82 Å². The second-order valence-corrected chi connectivity index (χ2v) is 3.60. The number of nitrogen functional groups attached to an aromatic ring is 1. The molecule has 0 saturated heterocycles. The Labute approximate surface area is 97.8 Å². The molecule has 0 aliphatic rings. The van der Waals surface area contributed by atoms with Crippen molar-refractivity contribution in [2.45, 2.75) is 12.8 Å². The van der Waals surface area contributed by atoms with Gasteiger partial charge in [0.05, 0.1) is 0 Å². The third kappa shape index (κ3) is 3.07. The Morgan fingerprint density at radius 1 is 1.53 bits per heavy atom. The Bertz CT molecular complexity index is 475. The third-order valence-electron chi connectivity index (χ3n) is 2.27. The SMILES string of the molecule is Nc1cc(C(=O)NCCCc2ncc[nH]2)[nH]n1. The maximum atomic E-state index is 11.6. The molecule has 17 heavy (non-hydrogen) atoms. The van der Waals surface area contributed by atoms with E-state index in [-0.39, 0.29) is 5.91 Å². The summed E-state index contributed by atoms with van der Waals surface area (Å²) in [5.41, 5.74) is 5.78. The molecule has 0 radical (unpaired) electrons. The van der Waals surface area contributed by atoms with Crippen molar-refractivity contribution in [3.8, 4) is 0 Å². The Balaban J connectivity index is 1.70. The van der Waals surface area contributed by atoms with E-state index in [1.165, 1.54) is 6.07 Å². The highest BCUT2D eigenvalue weighted by atomic mass is 16.1. The van der Waals surface area contributed by atoms with Crippen molar-refractivity contribution in [3.63, 3.8) is 0 Å². The van der Waals surface area contributed by atoms with Crippen LogP contribution in [0.15, 0.2) is 18.5 Å². The minimum Gasteiger partial charge on any atom is -0.382 e. The Hall–Kier alpha value is -2.31. The number of amides is 1. The lowest BCUT2D eigenvalue weighted by molar-refractivity contribution is 0.0948. The van der Waals surface area contributed by atoms with E-state index < -0.39 is 0 Å². The van der Waals surface area contributed by atoms with E-state index in [9.17, 15) is 4.79 Å². The number of imidazole rings is 1. The van der Waals surface area contributed by atoms with Gasteiger partial charge in [-0.15, -0.1) is 0 Å². The molecule has 0 saturated carbocycles. The van der Waals surface area contributed by atoms with Crippen molar-refractivity contribution in [2.24, 2.45) is 0 Å². The number of nitrogens with two attached hydrogens (primary N) is 1. The van der Waals surface area contributed by atoms with Gasteiger partial charge in [-0.25, -0.2) is 4.98 Å². The predicted octanol–water partition coefficient (Wildman–Crippen LogP) is 0.0776. The molecule has 7 heteroatoms. The Kier molecular flexibility index (Phi) is 3.39. The lowest BCUT2D eigenvalue weighted by Gasteiger charge is -2.01. The number of hydrogen-bond acceptors (Lipinski definition) is 4. The van der Waals surface area contributed by atoms with E-state index in [0.29, 0.717) is 18.1 Å². The van der Waals surface area contributed by atoms with Crippen LogP contribution in [0.25, 0.3) is 0 Å². The Morgan fingerprint density at radius 2 is 2.41 bits per heavy atom. The summed E-state index contributed by atoms with van der Waals surface area (Å²) in [6, 6.07) is 1.50. The van der Waals surface area contributed by atoms with E-state index in [2.05, 4.69) is 25.5 Å². The Morgan fingerprint density at radius 3 is 3.06 bits per heavy atom. The number of aryl methyl sites for hydroxylation is 1. The van der Waals surface area contributed by atoms with Gasteiger partial charge in [0.1, 0.15) is 17.3 Å². The first-order valence-corrected chi connectivity index (χ1v) is 5.33. The highest BCUT2D eigenvalue weighted by molar-refractivity contribution is 5.92. The minimum atomic E-state index is -0.200. The standard InChI is InChI=1S/C10H14N6O/c11-8-6-7(15-16-8)10(17)14-3-1-2-9-12-4-5-13-9/h4-6H,1-3H2,(H,12,13)(H,14,17)(H3,11,15,16). The number of aromatic amines is 2. The summed E-state index contributed by atoms with van der Waals surface area (Å²) in [5, 5.41) is 9.00. The van der Waals surface area contributed by atoms with Crippen molar-refractivity contribution in [1.29, 1.82) is 0 Å². The largest absolute Gasteiger partial charge is 0.382 e. The van der Waals surface area contributed by atoms with Gasteiger partial charge in [0.2, 0.25) is 0 Å². The number of anilines is 1. The van der Waals surface area contributed by atoms with Gasteiger partial charge >= 0.3 is 0 Å². The maximum Gasteiger partial charge on any atom is 0.269 e. The minimum absolute atomic E-state index is 0.200. The second kappa shape index (κ2) is 5.15. The molecule has 7 nitrogen and oxygen atoms in total. The molecule has 0 atom stereocenters. The first-order valence-electron chi connectivity index (χ1n) is 5.33. The molecule has 2 rings (SSSR count). The molecule has 0 unspecified atom stereocenters. The van der Waals surface area contributed by atoms with Crippen molar-refractivity contribution in [2.75, 3.05) is 12.3 Å². The molecule has 90 valence electrons. The molecular weight excluding hydrogens is 220 g/mol. The van der Waals surface area contributed by atoms with E-state index in [1.807, 2.05) is 0 Å². The molecule has 5 N–H and O–H groups in total. The van der Waals surface area contributed by atoms with Crippen LogP contribution >= 0.6 is 0 Å². The van der Waals surface area contributed by atoms with Crippen LogP contribution in [0, 0.1) is 0 Å². The molecule has 0 bridgehead atoms. The molecule has 2 aromatic heterocycles. The van der Waals surface area contributed by atoms with Crippen LogP contribution in [0.1, 0.15) is 22.7 Å². The monoisotopic (exact) mass is 234 g/mol. The molecule has 0 spiro atoms. The summed E-state index contributed by atoms with van der Waals surface area (Å²) in [7, 11) is 0. The normalized spacial score (nSPS) is 10.4. The van der Waals surface area contributed by atoms with Gasteiger partial charge in [-0.1, -0.05) is 0 Å². The van der Waals surface area contributed by atoms with Crippen molar-refractivity contribution in [3.05, 3.63) is 30.0 Å². The fraction of sp³-hybridized carbons (Fsp3) is 0.300. The summed E-state index contributed by atoms with van der Waals surface area (Å²) < 4.78 is 0. The van der Waals surface area contributed by atoms with Gasteiger partial charge < -0.3 is 16.0 Å². The van der Waals surface area contributed by atoms with Crippen LogP contribution in [-0.2, 0) is 6.42 Å². The highest BCUT2D eigenvalue weighted by Crippen LogP contribution is 2.00. The summed E-state index contributed by atoms with van der Waals surface area (Å²) in [5.74, 6) is 1.03. The van der Waals surface area contributed by atoms with Crippen LogP contribution in [0.3, 0.4) is 0 Å². The van der Waals surface area contributed by atoms with E-state index >= 15 is 0 Å². The lowest BCUT2D eigenvalue weighted by Crippen LogP contribution is -2.25. The van der Waals surface area contributed by atoms with Crippen LogP contribution in [0.5, 0.6) is 0 Å². The summed E-state index contributed by atoms with van der Waals surface area (Å²) >= 11 is 0. The van der Waals surface area contributed by atoms with Crippen LogP contribution < -0.4 is 11.1 Å². The van der Waals surface area contributed by atoms with Crippen molar-refractivity contribution in [1.82, 2.24) is 25.5 Å². The molecule has 0 fully saturated rings. The van der Waals surface area contributed by atoms with Crippen molar-refractivity contribution >= 4 is 11.7 Å². The topological polar surface area (TPSA) is 112 Å². The molecule has 0 aliphatic carbocycles. The number of aromatic nitrogens is 4. The molecular formula is C10H14N6O. The quantitative estimate of drug-likeness (QED) is 0.548. The van der Waals surface area contributed by atoms with E-state index in [1.54, 1.807) is 12.4 Å². The second-order valence-electron chi connectivity index (χ2n) is 3.60. The molecule has 2 heterocycles. The number of rotatable bonds is 5. The molecule has 2 aromatic rings. The number of carbonyl (C=O) groups excluding carboxylic acids is 1. The molecule has 0 aliphatic heterocycles. The summed E-state index contributed by atoms with van der Waals surface area (Å²) in [6.07, 6.45) is 5.11. The van der Waals surface area contributed by atoms with Crippen LogP contribution in [-0.4, -0.2) is 32.6 Å². The number of nitrogens with zero attached hydrogens (tertiary/aromatic N) is 2. The number of carbonyl (C=O) groups is 1. The van der Waals surface area contributed by atoms with Gasteiger partial charge in [-0.2, -0.15) is 5.10 Å². The lowest BCUT2D eigenvalue weighted by atomic mass is 10.3. The van der Waals surface area contributed by atoms with Gasteiger partial charge in [0.15, 0.2) is 0 Å². The zero-order valence-corrected chi connectivity index (χ0v) is 9.23. The van der Waals surface area contributed by atoms with Gasteiger partial charge in [-0.3, -0.25) is 9.89 Å². The molecule has 0 aromatic carbocycles. The zero-order chi connectivity index (χ0) is 12.1. The van der Waals surface area contributed by atoms with E-state index in [0.717, 1.165) is 18.7 Å². The van der Waals surface area contributed by atoms with Crippen LogP contribution in [0.2, 0.25) is 0 Å². The average molecular weight is 234 g/mol. The summed E-state index contributed by atoms with van der Waals surface area (Å²) in [4.78, 5) is 18.7. The van der Waals surface area contributed by atoms with E-state index in [4.69, 9.17) is 5.73 Å². The predicted molar refractivity (Wildman–Crippen MR) is 62.2 cm³/mol. The fourth-order valence-corrected chi connectivity index (χ4v) is 1.44. The number of H-pyrrole nitrogens is 2. The fourth-order valence-electron chi connectivity index (χ4n) is 1.44. The van der Waals surface area contributed by atoms with Gasteiger partial charge in [-0.05, 0) is 6.42 Å². The van der Waals surface area contributed by atoms with Crippen molar-refractivity contribution < 1.29 is 4.79 Å². The first-order chi connectivity index (χ1) is 8.25. The average Bonchev–Trinajstić information content (AvgIpc) is 2.95. The number of nitrogens with one attached hydrogen (secondary N) is 3. The zero-order valence-electron chi connectivity index (χ0n) is 9.23. The van der Waals surface area contributed by atoms with Gasteiger partial charge in [0, 0.05) is 31.4 Å². The highest BCUT2D eigenvalue weighted by Gasteiger charge is 2.07. The molecule has 1 amide bonds. The smallest absolute Gasteiger partial charge is 0.269 e. The first kappa shape index (κ1) is 11.2.